The zero-order valence-corrected chi connectivity index (χ0v) is 18.5. The lowest BCUT2D eigenvalue weighted by Gasteiger charge is -2.25. The van der Waals surface area contributed by atoms with E-state index >= 15 is 0 Å². The molecule has 4 aromatic carbocycles. The van der Waals surface area contributed by atoms with Crippen LogP contribution in [0.1, 0.15) is 20.7 Å². The molecular weight excluding hydrogens is 468 g/mol. The average molecular weight is 485 g/mol. The van der Waals surface area contributed by atoms with Gasteiger partial charge < -0.3 is 0 Å². The molecule has 1 aliphatic rings. The summed E-state index contributed by atoms with van der Waals surface area (Å²) in [5.41, 5.74) is 1.93. The largest absolute Gasteiger partial charge is 0.280 e. The molecule has 6 heteroatoms. The summed E-state index contributed by atoms with van der Waals surface area (Å²) in [7, 11) is 0. The fourth-order valence-electron chi connectivity index (χ4n) is 3.94. The molecule has 32 heavy (non-hydrogen) atoms. The predicted molar refractivity (Wildman–Crippen MR) is 127 cm³/mol. The summed E-state index contributed by atoms with van der Waals surface area (Å²) in [5.74, 6) is -1.30. The molecule has 0 unspecified atom stereocenters. The molecule has 0 saturated carbocycles. The van der Waals surface area contributed by atoms with Crippen LogP contribution >= 0.6 is 15.9 Å². The molecule has 0 spiro atoms. The van der Waals surface area contributed by atoms with E-state index in [1.54, 1.807) is 23.1 Å². The van der Waals surface area contributed by atoms with Crippen molar-refractivity contribution in [3.05, 3.63) is 107 Å². The molecule has 0 atom stereocenters. The van der Waals surface area contributed by atoms with Gasteiger partial charge in [-0.1, -0.05) is 64.5 Å². The molecule has 5 rings (SSSR count). The Kier molecular flexibility index (Phi) is 5.07. The topological polar surface area (TPSA) is 57.7 Å². The Labute approximate surface area is 193 Å². The molecule has 0 fully saturated rings. The van der Waals surface area contributed by atoms with Gasteiger partial charge in [0.25, 0.3) is 17.7 Å². The van der Waals surface area contributed by atoms with Gasteiger partial charge in [0.05, 0.1) is 11.1 Å². The highest BCUT2D eigenvalue weighted by molar-refractivity contribution is 9.10. The zero-order valence-electron chi connectivity index (χ0n) is 16.9. The summed E-state index contributed by atoms with van der Waals surface area (Å²) in [4.78, 5) is 41.8. The van der Waals surface area contributed by atoms with E-state index in [2.05, 4.69) is 15.9 Å². The zero-order chi connectivity index (χ0) is 22.2. The first-order valence-corrected chi connectivity index (χ1v) is 10.8. The van der Waals surface area contributed by atoms with Crippen LogP contribution in [0.4, 0.5) is 11.4 Å². The Bertz CT molecular complexity index is 1380. The summed E-state index contributed by atoms with van der Waals surface area (Å²) in [6, 6.07) is 27.8. The lowest BCUT2D eigenvalue weighted by molar-refractivity contribution is -0.118. The molecule has 0 radical (unpaired) electrons. The number of carbonyl (C=O) groups is 3. The number of amides is 3. The maximum Gasteiger partial charge on any atom is 0.262 e. The van der Waals surface area contributed by atoms with Gasteiger partial charge in [0.1, 0.15) is 6.54 Å². The van der Waals surface area contributed by atoms with Gasteiger partial charge in [-0.15, -0.1) is 0 Å². The normalized spacial score (nSPS) is 12.8. The number of halogens is 1. The quantitative estimate of drug-likeness (QED) is 0.356. The molecule has 3 amide bonds. The number of nitrogens with zero attached hydrogens (tertiary/aromatic N) is 2. The number of anilines is 2. The van der Waals surface area contributed by atoms with Crippen molar-refractivity contribution in [2.75, 3.05) is 11.4 Å². The first kappa shape index (κ1) is 20.2. The average Bonchev–Trinajstić information content (AvgIpc) is 3.04. The Balaban J connectivity index is 1.52. The van der Waals surface area contributed by atoms with Crippen molar-refractivity contribution < 1.29 is 14.4 Å². The highest BCUT2D eigenvalue weighted by Crippen LogP contribution is 2.30. The molecule has 1 heterocycles. The molecule has 0 aromatic heterocycles. The van der Waals surface area contributed by atoms with Gasteiger partial charge in [-0.2, -0.15) is 0 Å². The molecule has 0 aliphatic carbocycles. The first-order valence-electron chi connectivity index (χ1n) is 10.1. The second-order valence-electron chi connectivity index (χ2n) is 7.48. The van der Waals surface area contributed by atoms with E-state index in [0.29, 0.717) is 27.0 Å². The summed E-state index contributed by atoms with van der Waals surface area (Å²) in [5, 5.41) is 2.05. The van der Waals surface area contributed by atoms with E-state index in [4.69, 9.17) is 0 Å². The standard InChI is InChI=1S/C26H17BrN2O3/c27-19-11-13-22-23(15-19)26(32)28(25(22)31)16-24(30)29(20-8-2-1-3-9-20)21-12-10-17-6-4-5-7-18(17)14-21/h1-15H,16H2. The molecule has 1 aliphatic heterocycles. The summed E-state index contributed by atoms with van der Waals surface area (Å²) >= 11 is 3.33. The van der Waals surface area contributed by atoms with E-state index in [0.717, 1.165) is 15.7 Å². The maximum absolute atomic E-state index is 13.5. The minimum absolute atomic E-state index is 0.300. The van der Waals surface area contributed by atoms with Crippen molar-refractivity contribution in [2.45, 2.75) is 0 Å². The number of carbonyl (C=O) groups excluding carboxylic acids is 3. The van der Waals surface area contributed by atoms with Gasteiger partial charge in [0.2, 0.25) is 0 Å². The van der Waals surface area contributed by atoms with E-state index < -0.39 is 11.8 Å². The van der Waals surface area contributed by atoms with Gasteiger partial charge >= 0.3 is 0 Å². The third-order valence-corrected chi connectivity index (χ3v) is 5.97. The number of benzene rings is 4. The van der Waals surface area contributed by atoms with Gasteiger partial charge in [0.15, 0.2) is 0 Å². The van der Waals surface area contributed by atoms with Gasteiger partial charge in [-0.3, -0.25) is 24.2 Å². The monoisotopic (exact) mass is 484 g/mol. The van der Waals surface area contributed by atoms with E-state index in [9.17, 15) is 14.4 Å². The van der Waals surface area contributed by atoms with Crippen molar-refractivity contribution in [1.29, 1.82) is 0 Å². The van der Waals surface area contributed by atoms with Crippen molar-refractivity contribution in [2.24, 2.45) is 0 Å². The third-order valence-electron chi connectivity index (χ3n) is 5.48. The fraction of sp³-hybridized carbons (Fsp3) is 0.0385. The molecule has 4 aromatic rings. The van der Waals surface area contributed by atoms with Gasteiger partial charge in [-0.25, -0.2) is 0 Å². The molecule has 5 nitrogen and oxygen atoms in total. The second-order valence-corrected chi connectivity index (χ2v) is 8.40. The maximum atomic E-state index is 13.5. The van der Waals surface area contributed by atoms with Crippen LogP contribution in [-0.4, -0.2) is 29.2 Å². The van der Waals surface area contributed by atoms with Crippen LogP contribution < -0.4 is 4.90 Å². The van der Waals surface area contributed by atoms with Crippen molar-refractivity contribution >= 4 is 55.8 Å². The second kappa shape index (κ2) is 8.05. The highest BCUT2D eigenvalue weighted by Gasteiger charge is 2.37. The Morgan fingerprint density at radius 3 is 2.19 bits per heavy atom. The molecule has 0 saturated heterocycles. The fourth-order valence-corrected chi connectivity index (χ4v) is 4.30. The number of rotatable bonds is 4. The SMILES string of the molecule is O=C1c2ccc(Br)cc2C(=O)N1CC(=O)N(c1ccccc1)c1ccc2ccccc2c1. The molecule has 0 N–H and O–H groups in total. The van der Waals surface area contributed by atoms with Crippen molar-refractivity contribution in [3.63, 3.8) is 0 Å². The van der Waals surface area contributed by atoms with Crippen LogP contribution in [0.3, 0.4) is 0 Å². The number of hydrogen-bond donors (Lipinski definition) is 0. The Morgan fingerprint density at radius 1 is 0.719 bits per heavy atom. The van der Waals surface area contributed by atoms with Crippen LogP contribution in [0.15, 0.2) is 95.5 Å². The van der Waals surface area contributed by atoms with Crippen LogP contribution in [0.5, 0.6) is 0 Å². The molecule has 0 bridgehead atoms. The van der Waals surface area contributed by atoms with Crippen molar-refractivity contribution in [3.8, 4) is 0 Å². The van der Waals surface area contributed by atoms with Gasteiger partial charge in [-0.05, 0) is 53.2 Å². The Morgan fingerprint density at radius 2 is 1.41 bits per heavy atom. The highest BCUT2D eigenvalue weighted by atomic mass is 79.9. The molecule has 156 valence electrons. The van der Waals surface area contributed by atoms with Crippen molar-refractivity contribution in [1.82, 2.24) is 4.90 Å². The smallest absolute Gasteiger partial charge is 0.262 e. The number of para-hydroxylation sites is 1. The van der Waals surface area contributed by atoms with Crippen LogP contribution in [0.2, 0.25) is 0 Å². The lowest BCUT2D eigenvalue weighted by atomic mass is 10.1. The predicted octanol–water partition coefficient (Wildman–Crippen LogP) is 5.56. The number of imide groups is 1. The van der Waals surface area contributed by atoms with E-state index in [1.165, 1.54) is 0 Å². The number of fused-ring (bicyclic) bond motifs is 2. The number of hydrogen-bond acceptors (Lipinski definition) is 3. The minimum Gasteiger partial charge on any atom is -0.280 e. The Hall–Kier alpha value is -3.77. The minimum atomic E-state index is -0.467. The summed E-state index contributed by atoms with van der Waals surface area (Å²) in [6.45, 7) is -0.355. The van der Waals surface area contributed by atoms with Gasteiger partial charge in [0, 0.05) is 15.8 Å². The van der Waals surface area contributed by atoms with E-state index in [-0.39, 0.29) is 12.5 Å². The summed E-state index contributed by atoms with van der Waals surface area (Å²) in [6.07, 6.45) is 0. The van der Waals surface area contributed by atoms with E-state index in [1.807, 2.05) is 72.8 Å². The van der Waals surface area contributed by atoms with Crippen LogP contribution in [0.25, 0.3) is 10.8 Å². The molecular formula is C26H17BrN2O3. The van der Waals surface area contributed by atoms with Crippen LogP contribution in [0, 0.1) is 0 Å². The van der Waals surface area contributed by atoms with Crippen LogP contribution in [-0.2, 0) is 4.79 Å². The lowest BCUT2D eigenvalue weighted by Crippen LogP contribution is -2.41. The third kappa shape index (κ3) is 3.48. The summed E-state index contributed by atoms with van der Waals surface area (Å²) < 4.78 is 0.702. The first-order chi connectivity index (χ1) is 15.5.